The Bertz CT molecular complexity index is 519. The zero-order chi connectivity index (χ0) is 15.5. The molecule has 0 aromatic heterocycles. The lowest BCUT2D eigenvalue weighted by Gasteiger charge is -2.26. The van der Waals surface area contributed by atoms with Gasteiger partial charge in [0.2, 0.25) is 0 Å². The van der Waals surface area contributed by atoms with Crippen LogP contribution in [0.5, 0.6) is 0 Å². The minimum absolute atomic E-state index is 0.0297. The van der Waals surface area contributed by atoms with Crippen molar-refractivity contribution >= 4 is 12.0 Å². The molecule has 0 heterocycles. The summed E-state index contributed by atoms with van der Waals surface area (Å²) in [4.78, 5) is 23.4. The molecule has 0 saturated carbocycles. The van der Waals surface area contributed by atoms with Gasteiger partial charge in [-0.1, -0.05) is 37.6 Å². The number of aliphatic carboxylic acids is 1. The molecule has 5 nitrogen and oxygen atoms in total. The highest BCUT2D eigenvalue weighted by atomic mass is 16.4. The Morgan fingerprint density at radius 2 is 1.86 bits per heavy atom. The molecule has 1 aliphatic rings. The third kappa shape index (κ3) is 3.54. The molecule has 0 saturated heterocycles. The molecule has 1 aromatic rings. The maximum absolute atomic E-state index is 12.1. The van der Waals surface area contributed by atoms with E-state index in [9.17, 15) is 14.7 Å². The molecule has 0 bridgehead atoms. The number of benzene rings is 1. The van der Waals surface area contributed by atoms with E-state index >= 15 is 0 Å². The Kier molecular flexibility index (Phi) is 4.50. The number of hydrogen-bond acceptors (Lipinski definition) is 2. The second kappa shape index (κ2) is 6.16. The summed E-state index contributed by atoms with van der Waals surface area (Å²) >= 11 is 0. The second-order valence-corrected chi connectivity index (χ2v) is 5.86. The van der Waals surface area contributed by atoms with Gasteiger partial charge in [-0.25, -0.2) is 9.59 Å². The van der Waals surface area contributed by atoms with E-state index in [1.807, 2.05) is 19.1 Å². The first kappa shape index (κ1) is 15.4. The van der Waals surface area contributed by atoms with Crippen LogP contribution in [-0.2, 0) is 17.6 Å². The highest BCUT2D eigenvalue weighted by Gasteiger charge is 2.34. The zero-order valence-corrected chi connectivity index (χ0v) is 12.5. The number of fused-ring (bicyclic) bond motifs is 1. The monoisotopic (exact) mass is 290 g/mol. The number of amides is 2. The van der Waals surface area contributed by atoms with Gasteiger partial charge in [-0.05, 0) is 37.3 Å². The van der Waals surface area contributed by atoms with Gasteiger partial charge in [0.15, 0.2) is 0 Å². The van der Waals surface area contributed by atoms with Gasteiger partial charge in [-0.3, -0.25) is 0 Å². The van der Waals surface area contributed by atoms with Crippen LogP contribution in [0.2, 0.25) is 0 Å². The van der Waals surface area contributed by atoms with E-state index in [-0.39, 0.29) is 6.04 Å². The van der Waals surface area contributed by atoms with E-state index in [1.54, 1.807) is 6.92 Å². The van der Waals surface area contributed by atoms with Gasteiger partial charge < -0.3 is 15.7 Å². The molecule has 2 rings (SSSR count). The molecule has 1 atom stereocenters. The molecule has 1 aliphatic carbocycles. The van der Waals surface area contributed by atoms with Crippen LogP contribution in [0, 0.1) is 0 Å². The van der Waals surface area contributed by atoms with E-state index in [1.165, 1.54) is 11.1 Å². The third-order valence-corrected chi connectivity index (χ3v) is 4.00. The Hall–Kier alpha value is -2.04. The van der Waals surface area contributed by atoms with Crippen LogP contribution in [0.25, 0.3) is 0 Å². The number of carbonyl (C=O) groups excluding carboxylic acids is 1. The minimum atomic E-state index is -1.22. The number of carboxylic acids is 1. The van der Waals surface area contributed by atoms with Crippen molar-refractivity contribution in [2.75, 3.05) is 0 Å². The van der Waals surface area contributed by atoms with Crippen molar-refractivity contribution in [2.24, 2.45) is 0 Å². The number of carboxylic acid groups (broad SMARTS) is 1. The first-order valence-electron chi connectivity index (χ1n) is 7.33. The number of rotatable bonds is 5. The summed E-state index contributed by atoms with van der Waals surface area (Å²) in [6.45, 7) is 3.44. The van der Waals surface area contributed by atoms with Crippen molar-refractivity contribution in [1.82, 2.24) is 10.6 Å². The van der Waals surface area contributed by atoms with Gasteiger partial charge in [0, 0.05) is 6.04 Å². The lowest BCUT2D eigenvalue weighted by atomic mass is 9.96. The van der Waals surface area contributed by atoms with Crippen molar-refractivity contribution in [1.29, 1.82) is 0 Å². The maximum Gasteiger partial charge on any atom is 0.329 e. The minimum Gasteiger partial charge on any atom is -0.480 e. The summed E-state index contributed by atoms with van der Waals surface area (Å²) in [6.07, 6.45) is 2.68. The van der Waals surface area contributed by atoms with Crippen molar-refractivity contribution in [3.63, 3.8) is 0 Å². The quantitative estimate of drug-likeness (QED) is 0.777. The van der Waals surface area contributed by atoms with Crippen molar-refractivity contribution in [3.8, 4) is 0 Å². The highest BCUT2D eigenvalue weighted by molar-refractivity contribution is 5.86. The molecule has 114 valence electrons. The highest BCUT2D eigenvalue weighted by Crippen LogP contribution is 2.21. The number of hydrogen-bond donors (Lipinski definition) is 3. The number of carbonyl (C=O) groups is 2. The van der Waals surface area contributed by atoms with Gasteiger partial charge in [0.05, 0.1) is 0 Å². The normalized spacial score (nSPS) is 16.9. The van der Waals surface area contributed by atoms with E-state index < -0.39 is 17.5 Å². The Morgan fingerprint density at radius 3 is 2.33 bits per heavy atom. The van der Waals surface area contributed by atoms with Crippen LogP contribution in [0.1, 0.15) is 37.8 Å². The van der Waals surface area contributed by atoms with E-state index in [4.69, 9.17) is 0 Å². The summed E-state index contributed by atoms with van der Waals surface area (Å²) in [5, 5.41) is 14.8. The Labute approximate surface area is 124 Å². The van der Waals surface area contributed by atoms with Gasteiger partial charge in [0.25, 0.3) is 0 Å². The summed E-state index contributed by atoms with van der Waals surface area (Å²) in [7, 11) is 0. The predicted molar refractivity (Wildman–Crippen MR) is 80.3 cm³/mol. The van der Waals surface area contributed by atoms with E-state index in [2.05, 4.69) is 22.8 Å². The van der Waals surface area contributed by atoms with Gasteiger partial charge >= 0.3 is 12.0 Å². The fourth-order valence-corrected chi connectivity index (χ4v) is 2.86. The van der Waals surface area contributed by atoms with Gasteiger partial charge in [-0.15, -0.1) is 0 Å². The molecule has 2 amide bonds. The number of urea groups is 1. The van der Waals surface area contributed by atoms with E-state index in [0.29, 0.717) is 12.8 Å². The van der Waals surface area contributed by atoms with Crippen molar-refractivity contribution in [3.05, 3.63) is 35.4 Å². The second-order valence-electron chi connectivity index (χ2n) is 5.86. The SMILES string of the molecule is CCCC(C)(NC(=O)NC1Cc2ccccc2C1)C(=O)O. The zero-order valence-electron chi connectivity index (χ0n) is 12.5. The standard InChI is InChI=1S/C16H22N2O3/c1-3-8-16(2,14(19)20)18-15(21)17-13-9-11-6-4-5-7-12(11)10-13/h4-7,13H,3,8-10H2,1-2H3,(H,19,20)(H2,17,18,21). The fourth-order valence-electron chi connectivity index (χ4n) is 2.86. The van der Waals surface area contributed by atoms with E-state index in [0.717, 1.165) is 12.8 Å². The third-order valence-electron chi connectivity index (χ3n) is 4.00. The van der Waals surface area contributed by atoms with Crippen LogP contribution in [0.4, 0.5) is 4.79 Å². The van der Waals surface area contributed by atoms with Crippen LogP contribution in [-0.4, -0.2) is 28.7 Å². The average molecular weight is 290 g/mol. The van der Waals surface area contributed by atoms with Crippen LogP contribution in [0.15, 0.2) is 24.3 Å². The summed E-state index contributed by atoms with van der Waals surface area (Å²) in [5.41, 5.74) is 1.28. The van der Waals surface area contributed by atoms with Crippen molar-refractivity contribution in [2.45, 2.75) is 51.1 Å². The molecule has 21 heavy (non-hydrogen) atoms. The lowest BCUT2D eigenvalue weighted by Crippen LogP contribution is -2.56. The first-order chi connectivity index (χ1) is 9.94. The fraction of sp³-hybridized carbons (Fsp3) is 0.500. The topological polar surface area (TPSA) is 78.4 Å². The number of nitrogens with one attached hydrogen (secondary N) is 2. The van der Waals surface area contributed by atoms with Crippen LogP contribution >= 0.6 is 0 Å². The molecule has 0 radical (unpaired) electrons. The summed E-state index contributed by atoms with van der Waals surface area (Å²) in [5.74, 6) is -1.01. The largest absolute Gasteiger partial charge is 0.480 e. The molecule has 5 heteroatoms. The van der Waals surface area contributed by atoms with Crippen molar-refractivity contribution < 1.29 is 14.7 Å². The molecule has 0 aliphatic heterocycles. The molecule has 0 fully saturated rings. The van der Waals surface area contributed by atoms with Gasteiger partial charge in [-0.2, -0.15) is 0 Å². The summed E-state index contributed by atoms with van der Waals surface area (Å²) < 4.78 is 0. The molecule has 1 aromatic carbocycles. The molecule has 0 spiro atoms. The van der Waals surface area contributed by atoms with Gasteiger partial charge in [0.1, 0.15) is 5.54 Å². The Balaban J connectivity index is 1.93. The molecule has 3 N–H and O–H groups in total. The molecular weight excluding hydrogens is 268 g/mol. The molecule has 1 unspecified atom stereocenters. The maximum atomic E-state index is 12.1. The predicted octanol–water partition coefficient (Wildman–Crippen LogP) is 2.10. The first-order valence-corrected chi connectivity index (χ1v) is 7.33. The van der Waals surface area contributed by atoms with Crippen LogP contribution < -0.4 is 10.6 Å². The lowest BCUT2D eigenvalue weighted by molar-refractivity contribution is -0.144. The Morgan fingerprint density at radius 1 is 1.29 bits per heavy atom. The molecular formula is C16H22N2O3. The smallest absolute Gasteiger partial charge is 0.329 e. The van der Waals surface area contributed by atoms with Crippen LogP contribution in [0.3, 0.4) is 0 Å². The average Bonchev–Trinajstić information content (AvgIpc) is 2.80. The summed E-state index contributed by atoms with van der Waals surface area (Å²) in [6, 6.07) is 7.72.